The van der Waals surface area contributed by atoms with Crippen molar-refractivity contribution in [3.63, 3.8) is 0 Å². The summed E-state index contributed by atoms with van der Waals surface area (Å²) in [4.78, 5) is 0. The van der Waals surface area contributed by atoms with Crippen molar-refractivity contribution in [3.8, 4) is 11.5 Å². The molecule has 29 heavy (non-hydrogen) atoms. The molecule has 0 N–H and O–H groups in total. The minimum absolute atomic E-state index is 0. The van der Waals surface area contributed by atoms with Gasteiger partial charge in [-0.1, -0.05) is 51.3 Å². The zero-order valence-electron chi connectivity index (χ0n) is 17.6. The molecule has 0 fully saturated rings. The van der Waals surface area contributed by atoms with Crippen molar-refractivity contribution in [3.05, 3.63) is 73.5 Å². The van der Waals surface area contributed by atoms with Crippen LogP contribution in [-0.2, 0) is 80.3 Å². The Hall–Kier alpha value is 0.168. The van der Waals surface area contributed by atoms with Crippen LogP contribution in [0.2, 0.25) is 0 Å². The van der Waals surface area contributed by atoms with E-state index in [0.29, 0.717) is 39.6 Å². The van der Waals surface area contributed by atoms with E-state index in [1.165, 1.54) is 11.1 Å². The largest absolute Gasteiger partial charge is 0.491 e. The van der Waals surface area contributed by atoms with Crippen LogP contribution in [0.5, 0.6) is 11.5 Å². The van der Waals surface area contributed by atoms with Crippen LogP contribution in [0.15, 0.2) is 48.5 Å². The van der Waals surface area contributed by atoms with Crippen molar-refractivity contribution in [1.82, 2.24) is 0 Å². The molecule has 0 saturated carbocycles. The van der Waals surface area contributed by atoms with Crippen LogP contribution in [0, 0.1) is 13.8 Å². The molecule has 2 rings (SSSR count). The molecule has 0 aliphatic carbocycles. The average molecular weight is 548 g/mol. The topological polar surface area (TPSA) is 36.9 Å². The molecular formula is C23H30O4Y2-2. The minimum atomic E-state index is -0.120. The SMILES string of the molecule is [CH2-]COCCOc1ccc(C(C)(C)c2ccc(OCCOC[CH2-])cc2)cc1.[Y].[Y]. The summed E-state index contributed by atoms with van der Waals surface area (Å²) in [6.07, 6.45) is 0. The molecule has 0 aliphatic rings. The molecule has 0 amide bonds. The van der Waals surface area contributed by atoms with Crippen molar-refractivity contribution in [2.24, 2.45) is 0 Å². The van der Waals surface area contributed by atoms with Gasteiger partial charge in [0.15, 0.2) is 0 Å². The van der Waals surface area contributed by atoms with Gasteiger partial charge in [-0.25, -0.2) is 0 Å². The Kier molecular flexibility index (Phi) is 16.0. The fourth-order valence-corrected chi connectivity index (χ4v) is 2.74. The number of hydrogen-bond acceptors (Lipinski definition) is 4. The molecule has 0 unspecified atom stereocenters. The zero-order valence-corrected chi connectivity index (χ0v) is 23.2. The predicted octanol–water partition coefficient (Wildman–Crippen LogP) is 4.47. The fraction of sp³-hybridized carbons (Fsp3) is 0.391. The molecular weight excluding hydrogens is 518 g/mol. The van der Waals surface area contributed by atoms with Gasteiger partial charge in [-0.05, 0) is 35.4 Å². The van der Waals surface area contributed by atoms with Crippen LogP contribution in [0.25, 0.3) is 0 Å². The number of rotatable bonds is 12. The Bertz CT molecular complexity index is 600. The summed E-state index contributed by atoms with van der Waals surface area (Å²) in [6, 6.07) is 16.4. The van der Waals surface area contributed by atoms with Crippen LogP contribution in [0.3, 0.4) is 0 Å². The number of benzene rings is 2. The maximum absolute atomic E-state index is 5.67. The second-order valence-corrected chi connectivity index (χ2v) is 6.60. The first-order valence-corrected chi connectivity index (χ1v) is 9.28. The second-order valence-electron chi connectivity index (χ2n) is 6.60. The first kappa shape index (κ1) is 29.2. The first-order chi connectivity index (χ1) is 13.1. The zero-order chi connectivity index (χ0) is 19.5. The molecule has 6 heteroatoms. The van der Waals surface area contributed by atoms with Crippen molar-refractivity contribution in [2.45, 2.75) is 19.3 Å². The van der Waals surface area contributed by atoms with Crippen molar-refractivity contribution < 1.29 is 84.4 Å². The summed E-state index contributed by atoms with van der Waals surface area (Å²) in [5, 5.41) is 0. The average Bonchev–Trinajstić information content (AvgIpc) is 2.69. The third-order valence-corrected chi connectivity index (χ3v) is 4.43. The van der Waals surface area contributed by atoms with E-state index >= 15 is 0 Å². The molecule has 0 aliphatic heterocycles. The van der Waals surface area contributed by atoms with Gasteiger partial charge in [0, 0.05) is 70.8 Å². The van der Waals surface area contributed by atoms with Crippen molar-refractivity contribution in [1.29, 1.82) is 0 Å². The summed E-state index contributed by atoms with van der Waals surface area (Å²) in [5.41, 5.74) is 2.33. The smallest absolute Gasteiger partial charge is 0.119 e. The molecule has 2 aromatic carbocycles. The molecule has 0 bridgehead atoms. The second kappa shape index (κ2) is 15.9. The standard InChI is InChI=1S/C23H30O4.2Y/c1-5-24-15-17-26-21-11-7-19(8-12-21)23(3,4)20-9-13-22(14-10-20)27-18-16-25-6-2;;/h7-14H,1-2,5-6,15-18H2,3-4H3;;/q-2;;. The Morgan fingerprint density at radius 1 is 0.621 bits per heavy atom. The Morgan fingerprint density at radius 2 is 0.966 bits per heavy atom. The summed E-state index contributed by atoms with van der Waals surface area (Å²) in [5.74, 6) is 1.69. The van der Waals surface area contributed by atoms with E-state index in [4.69, 9.17) is 18.9 Å². The van der Waals surface area contributed by atoms with Gasteiger partial charge in [-0.2, -0.15) is 0 Å². The van der Waals surface area contributed by atoms with Crippen LogP contribution in [0.4, 0.5) is 0 Å². The van der Waals surface area contributed by atoms with Crippen LogP contribution >= 0.6 is 0 Å². The Morgan fingerprint density at radius 3 is 1.28 bits per heavy atom. The maximum atomic E-state index is 5.67. The Balaban J connectivity index is 0.00000392. The molecule has 0 spiro atoms. The first-order valence-electron chi connectivity index (χ1n) is 9.28. The van der Waals surface area contributed by atoms with Crippen molar-refractivity contribution in [2.75, 3.05) is 39.6 Å². The molecule has 154 valence electrons. The van der Waals surface area contributed by atoms with E-state index in [1.54, 1.807) is 0 Å². The van der Waals surface area contributed by atoms with E-state index in [0.717, 1.165) is 11.5 Å². The van der Waals surface area contributed by atoms with E-state index in [1.807, 2.05) is 24.3 Å². The van der Waals surface area contributed by atoms with Gasteiger partial charge < -0.3 is 32.8 Å². The number of hydrogen-bond donors (Lipinski definition) is 0. The van der Waals surface area contributed by atoms with Gasteiger partial charge in [0.2, 0.25) is 0 Å². The van der Waals surface area contributed by atoms with Crippen LogP contribution in [0.1, 0.15) is 25.0 Å². The van der Waals surface area contributed by atoms with E-state index < -0.39 is 0 Å². The summed E-state index contributed by atoms with van der Waals surface area (Å²) < 4.78 is 21.7. The summed E-state index contributed by atoms with van der Waals surface area (Å²) in [6.45, 7) is 14.8. The van der Waals surface area contributed by atoms with Gasteiger partial charge in [-0.15, -0.1) is 0 Å². The molecule has 0 aromatic heterocycles. The third-order valence-electron chi connectivity index (χ3n) is 4.43. The predicted molar refractivity (Wildman–Crippen MR) is 108 cm³/mol. The quantitative estimate of drug-likeness (QED) is 0.290. The molecule has 4 nitrogen and oxygen atoms in total. The fourth-order valence-electron chi connectivity index (χ4n) is 2.74. The number of ether oxygens (including phenoxy) is 4. The maximum Gasteiger partial charge on any atom is 0.119 e. The monoisotopic (exact) mass is 548 g/mol. The van der Waals surface area contributed by atoms with Crippen LogP contribution in [-0.4, -0.2) is 39.6 Å². The van der Waals surface area contributed by atoms with Crippen molar-refractivity contribution >= 4 is 0 Å². The van der Waals surface area contributed by atoms with E-state index in [9.17, 15) is 0 Å². The van der Waals surface area contributed by atoms with Gasteiger partial charge >= 0.3 is 0 Å². The molecule has 2 aromatic rings. The molecule has 0 saturated heterocycles. The summed E-state index contributed by atoms with van der Waals surface area (Å²) >= 11 is 0. The van der Waals surface area contributed by atoms with Crippen LogP contribution < -0.4 is 9.47 Å². The van der Waals surface area contributed by atoms with Gasteiger partial charge in [0.1, 0.15) is 24.7 Å². The van der Waals surface area contributed by atoms with E-state index in [-0.39, 0.29) is 70.8 Å². The minimum Gasteiger partial charge on any atom is -0.491 e. The normalized spacial score (nSPS) is 10.6. The molecule has 0 heterocycles. The Labute approximate surface area is 226 Å². The molecule has 2 radical (unpaired) electrons. The van der Waals surface area contributed by atoms with E-state index in [2.05, 4.69) is 52.0 Å². The van der Waals surface area contributed by atoms with Gasteiger partial charge in [0.25, 0.3) is 0 Å². The van der Waals surface area contributed by atoms with Gasteiger partial charge in [0.05, 0.1) is 13.2 Å². The molecule has 0 atom stereocenters. The van der Waals surface area contributed by atoms with Gasteiger partial charge in [-0.3, -0.25) is 0 Å². The summed E-state index contributed by atoms with van der Waals surface area (Å²) in [7, 11) is 0. The third kappa shape index (κ3) is 9.89.